The lowest BCUT2D eigenvalue weighted by molar-refractivity contribution is -0.139. The van der Waals surface area contributed by atoms with E-state index in [0.717, 1.165) is 12.6 Å². The first-order chi connectivity index (χ1) is 9.40. The molecule has 0 bridgehead atoms. The van der Waals surface area contributed by atoms with Gasteiger partial charge < -0.3 is 5.11 Å². The normalized spacial score (nSPS) is 12.6. The molecule has 1 atom stereocenters. The van der Waals surface area contributed by atoms with Crippen LogP contribution in [-0.2, 0) is 14.8 Å². The van der Waals surface area contributed by atoms with Crippen molar-refractivity contribution in [2.45, 2.75) is 37.1 Å². The number of unbranched alkanes of at least 4 members (excludes halogenated alkanes) is 1. The van der Waals surface area contributed by atoms with E-state index in [9.17, 15) is 13.2 Å². The molecule has 7 nitrogen and oxygen atoms in total. The number of carbonyl (C=O) groups is 1. The molecule has 1 rings (SSSR count). The lowest BCUT2D eigenvalue weighted by atomic mass is 10.1. The quantitative estimate of drug-likeness (QED) is 0.770. The summed E-state index contributed by atoms with van der Waals surface area (Å²) in [5.74, 6) is -1.22. The van der Waals surface area contributed by atoms with Crippen LogP contribution in [0.15, 0.2) is 23.2 Å². The van der Waals surface area contributed by atoms with Gasteiger partial charge in [-0.25, -0.2) is 13.4 Å². The molecule has 0 aliphatic carbocycles. The summed E-state index contributed by atoms with van der Waals surface area (Å²) in [6.45, 7) is 1.89. The Labute approximate surface area is 117 Å². The number of hydrogen-bond donors (Lipinski definition) is 2. The Kier molecular flexibility index (Phi) is 5.61. The van der Waals surface area contributed by atoms with Gasteiger partial charge in [0, 0.05) is 6.20 Å². The molecule has 0 amide bonds. The average Bonchev–Trinajstić information content (AvgIpc) is 2.43. The number of nitrogens with one attached hydrogen (secondary N) is 1. The fourth-order valence-electron chi connectivity index (χ4n) is 1.50. The fraction of sp³-hybridized carbons (Fsp3) is 0.417. The summed E-state index contributed by atoms with van der Waals surface area (Å²) >= 11 is 0. The number of sulfonamides is 1. The van der Waals surface area contributed by atoms with Crippen molar-refractivity contribution in [1.82, 2.24) is 9.71 Å². The molecule has 20 heavy (non-hydrogen) atoms. The Balaban J connectivity index is 2.91. The zero-order valence-electron chi connectivity index (χ0n) is 10.9. The molecule has 0 saturated carbocycles. The summed E-state index contributed by atoms with van der Waals surface area (Å²) in [6, 6.07) is 3.08. The third-order valence-corrected chi connectivity index (χ3v) is 4.06. The van der Waals surface area contributed by atoms with Crippen molar-refractivity contribution in [1.29, 1.82) is 5.26 Å². The SMILES string of the molecule is CCCCC(NS(=O)(=O)c1ccc(C#N)nc1)C(=O)O. The van der Waals surface area contributed by atoms with Crippen molar-refractivity contribution in [3.8, 4) is 6.07 Å². The Hall–Kier alpha value is -1.98. The van der Waals surface area contributed by atoms with E-state index >= 15 is 0 Å². The predicted molar refractivity (Wildman–Crippen MR) is 70.2 cm³/mol. The second-order valence-electron chi connectivity index (χ2n) is 4.15. The molecular formula is C12H15N3O4S. The van der Waals surface area contributed by atoms with Crippen molar-refractivity contribution in [2.24, 2.45) is 0 Å². The van der Waals surface area contributed by atoms with E-state index in [1.807, 2.05) is 6.92 Å². The largest absolute Gasteiger partial charge is 0.480 e. The van der Waals surface area contributed by atoms with Crippen molar-refractivity contribution < 1.29 is 18.3 Å². The Morgan fingerprint density at radius 3 is 2.70 bits per heavy atom. The number of carboxylic acids is 1. The first kappa shape index (κ1) is 16.1. The van der Waals surface area contributed by atoms with Crippen LogP contribution in [0.3, 0.4) is 0 Å². The predicted octanol–water partition coefficient (Wildman–Crippen LogP) is 0.875. The lowest BCUT2D eigenvalue weighted by Crippen LogP contribution is -2.40. The number of pyridine rings is 1. The van der Waals surface area contributed by atoms with Gasteiger partial charge in [0.05, 0.1) is 0 Å². The molecule has 0 aromatic carbocycles. The number of rotatable bonds is 7. The van der Waals surface area contributed by atoms with Gasteiger partial charge in [0.1, 0.15) is 22.7 Å². The molecule has 0 saturated heterocycles. The third-order valence-electron chi connectivity index (χ3n) is 2.60. The van der Waals surface area contributed by atoms with Crippen molar-refractivity contribution in [2.75, 3.05) is 0 Å². The molecule has 2 N–H and O–H groups in total. The highest BCUT2D eigenvalue weighted by Gasteiger charge is 2.25. The molecule has 8 heteroatoms. The van der Waals surface area contributed by atoms with Crippen LogP contribution < -0.4 is 4.72 Å². The van der Waals surface area contributed by atoms with Crippen LogP contribution in [-0.4, -0.2) is 30.5 Å². The molecule has 0 fully saturated rings. The van der Waals surface area contributed by atoms with Gasteiger partial charge in [0.15, 0.2) is 0 Å². The van der Waals surface area contributed by atoms with E-state index in [2.05, 4.69) is 9.71 Å². The molecule has 0 aliphatic rings. The molecule has 108 valence electrons. The van der Waals surface area contributed by atoms with Crippen LogP contribution in [0.5, 0.6) is 0 Å². The van der Waals surface area contributed by atoms with Crippen molar-refractivity contribution >= 4 is 16.0 Å². The number of hydrogen-bond acceptors (Lipinski definition) is 5. The number of carboxylic acid groups (broad SMARTS) is 1. The molecule has 0 radical (unpaired) electrons. The standard InChI is InChI=1S/C12H15N3O4S/c1-2-3-4-11(12(16)17)15-20(18,19)10-6-5-9(7-13)14-8-10/h5-6,8,11,15H,2-4H2,1H3,(H,16,17). The van der Waals surface area contributed by atoms with E-state index in [1.54, 1.807) is 6.07 Å². The lowest BCUT2D eigenvalue weighted by Gasteiger charge is -2.14. The Morgan fingerprint density at radius 1 is 1.55 bits per heavy atom. The first-order valence-corrected chi connectivity index (χ1v) is 7.50. The number of nitrogens with zero attached hydrogens (tertiary/aromatic N) is 2. The molecule has 1 aromatic rings. The number of aliphatic carboxylic acids is 1. The highest BCUT2D eigenvalue weighted by Crippen LogP contribution is 2.10. The minimum atomic E-state index is -3.96. The van der Waals surface area contributed by atoms with Crippen LogP contribution in [0.25, 0.3) is 0 Å². The number of aromatic nitrogens is 1. The van der Waals surface area contributed by atoms with Gasteiger partial charge in [-0.3, -0.25) is 4.79 Å². The zero-order chi connectivity index (χ0) is 15.2. The molecule has 1 aromatic heterocycles. The summed E-state index contributed by atoms with van der Waals surface area (Å²) in [7, 11) is -3.96. The van der Waals surface area contributed by atoms with E-state index in [0.29, 0.717) is 6.42 Å². The van der Waals surface area contributed by atoms with Crippen LogP contribution in [0, 0.1) is 11.3 Å². The summed E-state index contributed by atoms with van der Waals surface area (Å²) in [5.41, 5.74) is 0.0877. The summed E-state index contributed by atoms with van der Waals surface area (Å²) in [5, 5.41) is 17.6. The van der Waals surface area contributed by atoms with E-state index in [1.165, 1.54) is 12.1 Å². The molecule has 0 aliphatic heterocycles. The van der Waals surface area contributed by atoms with Gasteiger partial charge >= 0.3 is 5.97 Å². The minimum Gasteiger partial charge on any atom is -0.480 e. The van der Waals surface area contributed by atoms with Crippen LogP contribution in [0.4, 0.5) is 0 Å². The minimum absolute atomic E-state index is 0.0877. The van der Waals surface area contributed by atoms with Gasteiger partial charge in [-0.15, -0.1) is 0 Å². The molecule has 1 unspecified atom stereocenters. The van der Waals surface area contributed by atoms with Gasteiger partial charge in [-0.2, -0.15) is 9.98 Å². The zero-order valence-corrected chi connectivity index (χ0v) is 11.7. The number of nitriles is 1. The highest BCUT2D eigenvalue weighted by molar-refractivity contribution is 7.89. The fourth-order valence-corrected chi connectivity index (χ4v) is 2.67. The monoisotopic (exact) mass is 297 g/mol. The highest BCUT2D eigenvalue weighted by atomic mass is 32.2. The third kappa shape index (κ3) is 4.29. The smallest absolute Gasteiger partial charge is 0.321 e. The maximum Gasteiger partial charge on any atom is 0.321 e. The second kappa shape index (κ2) is 6.98. The second-order valence-corrected chi connectivity index (χ2v) is 5.86. The maximum atomic E-state index is 12.0. The van der Waals surface area contributed by atoms with Crippen molar-refractivity contribution in [3.05, 3.63) is 24.0 Å². The van der Waals surface area contributed by atoms with Gasteiger partial charge in [0.2, 0.25) is 10.0 Å². The molecule has 0 spiro atoms. The summed E-state index contributed by atoms with van der Waals surface area (Å²) in [4.78, 5) is 14.5. The van der Waals surface area contributed by atoms with E-state index < -0.39 is 22.0 Å². The van der Waals surface area contributed by atoms with Gasteiger partial charge in [0.25, 0.3) is 0 Å². The van der Waals surface area contributed by atoms with Gasteiger partial charge in [-0.05, 0) is 18.6 Å². The topological polar surface area (TPSA) is 120 Å². The first-order valence-electron chi connectivity index (χ1n) is 6.02. The average molecular weight is 297 g/mol. The molecule has 1 heterocycles. The summed E-state index contributed by atoms with van der Waals surface area (Å²) in [6.07, 6.45) is 2.61. The van der Waals surface area contributed by atoms with Gasteiger partial charge in [-0.1, -0.05) is 19.8 Å². The summed E-state index contributed by atoms with van der Waals surface area (Å²) < 4.78 is 26.2. The van der Waals surface area contributed by atoms with Crippen molar-refractivity contribution in [3.63, 3.8) is 0 Å². The van der Waals surface area contributed by atoms with E-state index in [4.69, 9.17) is 10.4 Å². The molecular weight excluding hydrogens is 282 g/mol. The van der Waals surface area contributed by atoms with Crippen LogP contribution in [0.1, 0.15) is 31.9 Å². The van der Waals surface area contributed by atoms with E-state index in [-0.39, 0.29) is 17.0 Å². The van der Waals surface area contributed by atoms with Crippen LogP contribution in [0.2, 0.25) is 0 Å². The Morgan fingerprint density at radius 2 is 2.25 bits per heavy atom. The Bertz CT molecular complexity index is 605. The maximum absolute atomic E-state index is 12.0. The van der Waals surface area contributed by atoms with Crippen LogP contribution >= 0.6 is 0 Å².